The summed E-state index contributed by atoms with van der Waals surface area (Å²) in [5.41, 5.74) is 2.45. The second kappa shape index (κ2) is 11.9. The van der Waals surface area contributed by atoms with Crippen LogP contribution in [0.4, 0.5) is 0 Å². The fraction of sp³-hybridized carbons (Fsp3) is 0.265. The Morgan fingerprint density at radius 2 is 1.56 bits per heavy atom. The molecule has 5 heteroatoms. The molecule has 0 saturated heterocycles. The summed E-state index contributed by atoms with van der Waals surface area (Å²) in [5, 5.41) is 16.3. The van der Waals surface area contributed by atoms with Gasteiger partial charge in [-0.1, -0.05) is 88.7 Å². The van der Waals surface area contributed by atoms with E-state index in [0.29, 0.717) is 12.3 Å². The van der Waals surface area contributed by atoms with Crippen LogP contribution in [-0.4, -0.2) is 42.7 Å². The standard InChI is InChI=1S/C34H35BrN2O2/c1-37(2)20-10-9-19-34(38,28-17-15-24-11-7-8-14-26(24)21-28)32(25-12-5-4-6-13-25)30-22-27-16-18-29(35)23-31(27)36-33(30)39-3/h4-8,11-18,21-23,32,38H,9-10,19-20H2,1-3H3. The third-order valence-corrected chi connectivity index (χ3v) is 8.04. The Kier molecular flexibility index (Phi) is 8.31. The fourth-order valence-electron chi connectivity index (χ4n) is 5.60. The number of unbranched alkanes of at least 4 members (excludes halogenated alkanes) is 1. The van der Waals surface area contributed by atoms with Crippen molar-refractivity contribution in [3.05, 3.63) is 118 Å². The van der Waals surface area contributed by atoms with E-state index in [9.17, 15) is 5.11 Å². The van der Waals surface area contributed by atoms with Crippen molar-refractivity contribution in [2.75, 3.05) is 27.7 Å². The first-order chi connectivity index (χ1) is 18.9. The maximum absolute atomic E-state index is 13.0. The number of hydrogen-bond donors (Lipinski definition) is 1. The van der Waals surface area contributed by atoms with Gasteiger partial charge >= 0.3 is 0 Å². The van der Waals surface area contributed by atoms with E-state index >= 15 is 0 Å². The molecule has 0 radical (unpaired) electrons. The fourth-order valence-corrected chi connectivity index (χ4v) is 5.95. The summed E-state index contributed by atoms with van der Waals surface area (Å²) in [6, 6.07) is 33.2. The molecule has 5 rings (SSSR count). The van der Waals surface area contributed by atoms with Gasteiger partial charge in [-0.3, -0.25) is 0 Å². The first-order valence-electron chi connectivity index (χ1n) is 13.4. The van der Waals surface area contributed by atoms with E-state index < -0.39 is 11.5 Å². The smallest absolute Gasteiger partial charge is 0.217 e. The minimum atomic E-state index is -1.20. The number of fused-ring (bicyclic) bond motifs is 2. The highest BCUT2D eigenvalue weighted by atomic mass is 79.9. The van der Waals surface area contributed by atoms with Crippen LogP contribution in [0.1, 0.15) is 41.9 Å². The molecule has 39 heavy (non-hydrogen) atoms. The first kappa shape index (κ1) is 27.3. The maximum Gasteiger partial charge on any atom is 0.217 e. The van der Waals surface area contributed by atoms with Crippen LogP contribution < -0.4 is 4.74 Å². The Hall–Kier alpha value is -3.25. The lowest BCUT2D eigenvalue weighted by Crippen LogP contribution is -2.35. The van der Waals surface area contributed by atoms with Crippen molar-refractivity contribution in [2.45, 2.75) is 30.8 Å². The summed E-state index contributed by atoms with van der Waals surface area (Å²) in [6.45, 7) is 0.972. The van der Waals surface area contributed by atoms with Crippen molar-refractivity contribution in [2.24, 2.45) is 0 Å². The summed E-state index contributed by atoms with van der Waals surface area (Å²) in [7, 11) is 5.84. The number of aromatic nitrogens is 1. The molecule has 2 atom stereocenters. The van der Waals surface area contributed by atoms with Crippen LogP contribution in [0.25, 0.3) is 21.7 Å². The molecule has 0 spiro atoms. The molecule has 0 aliphatic rings. The number of rotatable bonds is 10. The molecule has 0 aliphatic carbocycles. The van der Waals surface area contributed by atoms with Gasteiger partial charge in [0.2, 0.25) is 5.88 Å². The van der Waals surface area contributed by atoms with E-state index in [0.717, 1.165) is 62.2 Å². The SMILES string of the molecule is COc1nc2cc(Br)ccc2cc1C(c1ccccc1)C(O)(CCCCN(C)C)c1ccc2ccccc2c1. The van der Waals surface area contributed by atoms with Crippen LogP contribution in [0.2, 0.25) is 0 Å². The highest BCUT2D eigenvalue weighted by Gasteiger charge is 2.42. The van der Waals surface area contributed by atoms with Crippen LogP contribution >= 0.6 is 15.9 Å². The molecule has 5 aromatic rings. The van der Waals surface area contributed by atoms with Gasteiger partial charge in [-0.15, -0.1) is 0 Å². The molecule has 0 bridgehead atoms. The highest BCUT2D eigenvalue weighted by Crippen LogP contribution is 2.48. The molecule has 200 valence electrons. The van der Waals surface area contributed by atoms with Gasteiger partial charge in [-0.05, 0) is 86.1 Å². The van der Waals surface area contributed by atoms with Crippen LogP contribution in [0.5, 0.6) is 5.88 Å². The van der Waals surface area contributed by atoms with Crippen molar-refractivity contribution in [1.82, 2.24) is 9.88 Å². The Morgan fingerprint density at radius 1 is 0.846 bits per heavy atom. The zero-order valence-electron chi connectivity index (χ0n) is 22.8. The summed E-state index contributed by atoms with van der Waals surface area (Å²) in [6.07, 6.45) is 2.47. The lowest BCUT2D eigenvalue weighted by atomic mass is 9.71. The Balaban J connectivity index is 1.73. The molecular formula is C34H35BrN2O2. The summed E-state index contributed by atoms with van der Waals surface area (Å²) in [4.78, 5) is 7.10. The number of pyridine rings is 1. The minimum absolute atomic E-state index is 0.394. The predicted octanol–water partition coefficient (Wildman–Crippen LogP) is 7.91. The molecule has 0 fully saturated rings. The van der Waals surface area contributed by atoms with Crippen LogP contribution in [0.15, 0.2) is 102 Å². The molecule has 4 aromatic carbocycles. The Labute approximate surface area is 239 Å². The second-order valence-corrected chi connectivity index (χ2v) is 11.4. The molecule has 1 N–H and O–H groups in total. The molecule has 1 heterocycles. The third-order valence-electron chi connectivity index (χ3n) is 7.55. The van der Waals surface area contributed by atoms with E-state index in [4.69, 9.17) is 9.72 Å². The van der Waals surface area contributed by atoms with E-state index in [1.807, 2.05) is 42.5 Å². The van der Waals surface area contributed by atoms with Gasteiger partial charge in [0.15, 0.2) is 0 Å². The van der Waals surface area contributed by atoms with E-state index in [2.05, 4.69) is 89.5 Å². The van der Waals surface area contributed by atoms with Gasteiger partial charge in [0.25, 0.3) is 0 Å². The quantitative estimate of drug-likeness (QED) is 0.170. The Bertz CT molecular complexity index is 1570. The van der Waals surface area contributed by atoms with Crippen molar-refractivity contribution in [1.29, 1.82) is 0 Å². The Morgan fingerprint density at radius 3 is 2.31 bits per heavy atom. The number of nitrogens with zero attached hydrogens (tertiary/aromatic N) is 2. The molecule has 0 saturated carbocycles. The predicted molar refractivity (Wildman–Crippen MR) is 165 cm³/mol. The van der Waals surface area contributed by atoms with Crippen molar-refractivity contribution < 1.29 is 9.84 Å². The van der Waals surface area contributed by atoms with Crippen LogP contribution in [-0.2, 0) is 5.60 Å². The summed E-state index contributed by atoms with van der Waals surface area (Å²) >= 11 is 3.57. The number of methoxy groups -OCH3 is 1. The molecule has 0 amide bonds. The van der Waals surface area contributed by atoms with Gasteiger partial charge in [0, 0.05) is 21.3 Å². The van der Waals surface area contributed by atoms with Gasteiger partial charge < -0.3 is 14.7 Å². The van der Waals surface area contributed by atoms with Crippen molar-refractivity contribution in [3.8, 4) is 5.88 Å². The zero-order chi connectivity index (χ0) is 27.4. The van der Waals surface area contributed by atoms with E-state index in [-0.39, 0.29) is 0 Å². The molecular weight excluding hydrogens is 548 g/mol. The van der Waals surface area contributed by atoms with Crippen LogP contribution in [0.3, 0.4) is 0 Å². The maximum atomic E-state index is 13.0. The second-order valence-electron chi connectivity index (χ2n) is 10.5. The zero-order valence-corrected chi connectivity index (χ0v) is 24.4. The number of aliphatic hydroxyl groups is 1. The summed E-state index contributed by atoms with van der Waals surface area (Å²) < 4.78 is 6.87. The topological polar surface area (TPSA) is 45.6 Å². The van der Waals surface area contributed by atoms with Crippen molar-refractivity contribution in [3.63, 3.8) is 0 Å². The van der Waals surface area contributed by atoms with Crippen molar-refractivity contribution >= 4 is 37.6 Å². The lowest BCUT2D eigenvalue weighted by Gasteiger charge is -2.38. The average molecular weight is 584 g/mol. The van der Waals surface area contributed by atoms with Crippen LogP contribution in [0, 0.1) is 0 Å². The molecule has 1 aromatic heterocycles. The van der Waals surface area contributed by atoms with Gasteiger partial charge in [0.05, 0.1) is 12.6 Å². The largest absolute Gasteiger partial charge is 0.481 e. The number of hydrogen-bond acceptors (Lipinski definition) is 4. The monoisotopic (exact) mass is 582 g/mol. The van der Waals surface area contributed by atoms with Gasteiger partial charge in [-0.25, -0.2) is 4.98 Å². The van der Waals surface area contributed by atoms with E-state index in [1.54, 1.807) is 7.11 Å². The van der Waals surface area contributed by atoms with Gasteiger partial charge in [-0.2, -0.15) is 0 Å². The third kappa shape index (κ3) is 5.86. The number of benzene rings is 4. The normalized spacial score (nSPS) is 14.0. The number of ether oxygens (including phenoxy) is 1. The first-order valence-corrected chi connectivity index (χ1v) is 14.2. The molecule has 4 nitrogen and oxygen atoms in total. The molecule has 0 aliphatic heterocycles. The average Bonchev–Trinajstić information content (AvgIpc) is 2.95. The van der Waals surface area contributed by atoms with E-state index in [1.165, 1.54) is 0 Å². The minimum Gasteiger partial charge on any atom is -0.481 e. The highest BCUT2D eigenvalue weighted by molar-refractivity contribution is 9.10. The molecule has 2 unspecified atom stereocenters. The lowest BCUT2D eigenvalue weighted by molar-refractivity contribution is 0.00690. The summed E-state index contributed by atoms with van der Waals surface area (Å²) in [5.74, 6) is 0.136. The van der Waals surface area contributed by atoms with Gasteiger partial charge in [0.1, 0.15) is 5.60 Å². The number of halogens is 1.